The van der Waals surface area contributed by atoms with Gasteiger partial charge in [-0.3, -0.25) is 0 Å². The van der Waals surface area contributed by atoms with Crippen LogP contribution in [0, 0.1) is 0 Å². The topological polar surface area (TPSA) is 110 Å². The fraction of sp³-hybridized carbons (Fsp3) is 0.268. The molecule has 0 amide bonds. The first-order chi connectivity index (χ1) is 25.4. The van der Waals surface area contributed by atoms with E-state index in [2.05, 4.69) is 6.58 Å². The molecular weight excluding hydrogens is 727 g/mol. The van der Waals surface area contributed by atoms with Crippen molar-refractivity contribution in [3.63, 3.8) is 0 Å². The Morgan fingerprint density at radius 2 is 1.40 bits per heavy atom. The van der Waals surface area contributed by atoms with Crippen molar-refractivity contribution in [3.8, 4) is 11.5 Å². The fourth-order valence-corrected chi connectivity index (χ4v) is 8.68. The summed E-state index contributed by atoms with van der Waals surface area (Å²) in [6.07, 6.45) is 0.571. The number of aromatic nitrogens is 2. The summed E-state index contributed by atoms with van der Waals surface area (Å²) in [4.78, 5) is 26.3. The van der Waals surface area contributed by atoms with E-state index in [1.165, 1.54) is 16.8 Å². The molecule has 11 heteroatoms. The third-order valence-electron chi connectivity index (χ3n) is 9.06. The summed E-state index contributed by atoms with van der Waals surface area (Å²) in [7, 11) is 3.24. The van der Waals surface area contributed by atoms with E-state index >= 15 is 0 Å². The van der Waals surface area contributed by atoms with E-state index in [9.17, 15) is 14.7 Å². The van der Waals surface area contributed by atoms with Gasteiger partial charge in [0.1, 0.15) is 0 Å². The van der Waals surface area contributed by atoms with Crippen molar-refractivity contribution in [1.82, 2.24) is 9.13 Å². The molecule has 0 spiro atoms. The number of nitrogens with zero attached hydrogens (tertiary/aromatic N) is 2. The molecular formula is C41H42N2O8Se. The molecule has 1 fully saturated rings. The van der Waals surface area contributed by atoms with Crippen LogP contribution in [-0.4, -0.2) is 62.2 Å². The van der Waals surface area contributed by atoms with Crippen LogP contribution in [0.3, 0.4) is 0 Å². The van der Waals surface area contributed by atoms with Gasteiger partial charge in [0.2, 0.25) is 0 Å². The number of methoxy groups -OCH3 is 2. The fourth-order valence-electron chi connectivity index (χ4n) is 6.39. The van der Waals surface area contributed by atoms with Crippen LogP contribution in [0.15, 0.2) is 144 Å². The Hall–Kier alpha value is -4.74. The second-order valence-electron chi connectivity index (χ2n) is 12.2. The Morgan fingerprint density at radius 3 is 1.98 bits per heavy atom. The second kappa shape index (κ2) is 17.2. The quantitative estimate of drug-likeness (QED) is 0.0790. The molecule has 6 rings (SSSR count). The van der Waals surface area contributed by atoms with Crippen LogP contribution in [0.2, 0.25) is 10.1 Å². The van der Waals surface area contributed by atoms with Crippen LogP contribution in [0.25, 0.3) is 0 Å². The Balaban J connectivity index is 1.34. The van der Waals surface area contributed by atoms with Crippen LogP contribution in [0.4, 0.5) is 0 Å². The summed E-state index contributed by atoms with van der Waals surface area (Å²) < 4.78 is 32.7. The number of benzene rings is 4. The summed E-state index contributed by atoms with van der Waals surface area (Å²) in [5.74, 6) is 1.39. The SMILES string of the molecule is C=CC[Se][C@@H]1[C@H](O)[C@@H](COC(c2ccccc2)(c2ccc(OC)cc2)c2ccc(OC)cc2)O[C@H]1n1ccc(=O)n(COCc2ccccc2)c1=O. The molecule has 4 atom stereocenters. The predicted octanol–water partition coefficient (Wildman–Crippen LogP) is 5.57. The van der Waals surface area contributed by atoms with Crippen molar-refractivity contribution in [1.29, 1.82) is 0 Å². The average molecular weight is 770 g/mol. The van der Waals surface area contributed by atoms with Gasteiger partial charge >= 0.3 is 310 Å². The number of ether oxygens (including phenoxy) is 5. The second-order valence-corrected chi connectivity index (χ2v) is 14.7. The molecule has 1 aromatic heterocycles. The molecule has 4 aromatic carbocycles. The maximum absolute atomic E-state index is 13.8. The van der Waals surface area contributed by atoms with Gasteiger partial charge in [0.25, 0.3) is 0 Å². The van der Waals surface area contributed by atoms with Gasteiger partial charge in [-0.25, -0.2) is 0 Å². The minimum absolute atomic E-state index is 0.0279. The van der Waals surface area contributed by atoms with Gasteiger partial charge in [0.15, 0.2) is 0 Å². The van der Waals surface area contributed by atoms with E-state index in [1.807, 2.05) is 109 Å². The molecule has 0 saturated carbocycles. The summed E-state index contributed by atoms with van der Waals surface area (Å²) in [6.45, 7) is 3.85. The number of aliphatic hydroxyl groups excluding tert-OH is 1. The number of rotatable bonds is 16. The molecule has 1 N–H and O–H groups in total. The van der Waals surface area contributed by atoms with Crippen LogP contribution in [0.5, 0.6) is 11.5 Å². The van der Waals surface area contributed by atoms with E-state index in [0.717, 1.165) is 26.8 Å². The molecule has 1 saturated heterocycles. The number of aliphatic hydroxyl groups is 1. The summed E-state index contributed by atoms with van der Waals surface area (Å²) in [5, 5.41) is 12.5. The normalized spacial score (nSPS) is 18.6. The molecule has 0 bridgehead atoms. The molecule has 52 heavy (non-hydrogen) atoms. The van der Waals surface area contributed by atoms with Crippen molar-refractivity contribution in [2.75, 3.05) is 20.8 Å². The van der Waals surface area contributed by atoms with E-state index < -0.39 is 40.1 Å². The third kappa shape index (κ3) is 7.85. The van der Waals surface area contributed by atoms with Crippen molar-refractivity contribution >= 4 is 15.0 Å². The Labute approximate surface area is 309 Å². The maximum atomic E-state index is 13.8. The number of hydrogen-bond donors (Lipinski definition) is 1. The van der Waals surface area contributed by atoms with E-state index in [0.29, 0.717) is 16.8 Å². The Morgan fingerprint density at radius 1 is 0.827 bits per heavy atom. The monoisotopic (exact) mass is 770 g/mol. The average Bonchev–Trinajstić information content (AvgIpc) is 3.50. The first kappa shape index (κ1) is 37.0. The first-order valence-corrected chi connectivity index (χ1v) is 19.1. The zero-order chi connectivity index (χ0) is 36.5. The zero-order valence-electron chi connectivity index (χ0n) is 29.1. The summed E-state index contributed by atoms with van der Waals surface area (Å²) in [6, 6.07) is 36.1. The van der Waals surface area contributed by atoms with Gasteiger partial charge in [-0.2, -0.15) is 0 Å². The number of hydrogen-bond acceptors (Lipinski definition) is 8. The summed E-state index contributed by atoms with van der Waals surface area (Å²) in [5.41, 5.74) is 1.23. The van der Waals surface area contributed by atoms with Crippen molar-refractivity contribution in [2.24, 2.45) is 0 Å². The van der Waals surface area contributed by atoms with Crippen LogP contribution < -0.4 is 20.7 Å². The number of allylic oxidation sites excluding steroid dienone is 1. The van der Waals surface area contributed by atoms with Crippen molar-refractivity contribution < 1.29 is 28.8 Å². The predicted molar refractivity (Wildman–Crippen MR) is 199 cm³/mol. The minimum atomic E-state index is -1.14. The molecule has 0 aliphatic carbocycles. The van der Waals surface area contributed by atoms with Crippen LogP contribution >= 0.6 is 0 Å². The zero-order valence-corrected chi connectivity index (χ0v) is 30.8. The van der Waals surface area contributed by atoms with Gasteiger partial charge in [0, 0.05) is 0 Å². The Kier molecular flexibility index (Phi) is 12.2. The molecule has 0 radical (unpaired) electrons. The van der Waals surface area contributed by atoms with E-state index in [-0.39, 0.29) is 34.9 Å². The van der Waals surface area contributed by atoms with Gasteiger partial charge < -0.3 is 0 Å². The van der Waals surface area contributed by atoms with Gasteiger partial charge in [-0.05, 0) is 0 Å². The standard InChI is InChI=1S/C41H42N2O8Se/c1-4-25-52-38-37(45)35(51-39(38)42-24-23-36(44)43(40(42)46)28-49-26-29-11-7-5-8-12-29)27-50-41(30-13-9-6-10-14-30,31-15-19-33(47-2)20-16-31)32-17-21-34(48-3)22-18-32/h4-24,35,37-39,45H,1,25-28H2,2-3H3/t35-,37-,38-,39-/m1/s1. The van der Waals surface area contributed by atoms with Crippen molar-refractivity contribution in [3.05, 3.63) is 177 Å². The van der Waals surface area contributed by atoms with Crippen LogP contribution in [-0.2, 0) is 33.1 Å². The van der Waals surface area contributed by atoms with Gasteiger partial charge in [0.05, 0.1) is 0 Å². The Bertz CT molecular complexity index is 1970. The molecule has 1 aliphatic rings. The summed E-state index contributed by atoms with van der Waals surface area (Å²) >= 11 is -0.201. The molecule has 10 nitrogen and oxygen atoms in total. The third-order valence-corrected chi connectivity index (χ3v) is 11.8. The molecule has 1 aliphatic heterocycles. The molecule has 2 heterocycles. The van der Waals surface area contributed by atoms with Crippen molar-refractivity contribution in [2.45, 2.75) is 47.5 Å². The van der Waals surface area contributed by atoms with Crippen LogP contribution in [0.1, 0.15) is 28.5 Å². The molecule has 5 aromatic rings. The van der Waals surface area contributed by atoms with E-state index in [4.69, 9.17) is 23.7 Å². The molecule has 0 unspecified atom stereocenters. The van der Waals surface area contributed by atoms with Gasteiger partial charge in [-0.15, -0.1) is 0 Å². The van der Waals surface area contributed by atoms with E-state index in [1.54, 1.807) is 20.3 Å². The molecule has 270 valence electrons. The van der Waals surface area contributed by atoms with Gasteiger partial charge in [-0.1, -0.05) is 0 Å². The first-order valence-electron chi connectivity index (χ1n) is 16.9.